The van der Waals surface area contributed by atoms with Crippen molar-refractivity contribution >= 4 is 53.3 Å². The molecule has 2 saturated heterocycles. The van der Waals surface area contributed by atoms with Crippen LogP contribution in [0.3, 0.4) is 0 Å². The van der Waals surface area contributed by atoms with E-state index < -0.39 is 126 Å². The number of phenolic OH excluding ortho intramolecular Hbond substituents is 2. The third-order valence-electron chi connectivity index (χ3n) is 12.7. The fourth-order valence-electron chi connectivity index (χ4n) is 8.36. The van der Waals surface area contributed by atoms with Crippen molar-refractivity contribution in [3.05, 3.63) is 59.7 Å². The van der Waals surface area contributed by atoms with Gasteiger partial charge < -0.3 is 61.5 Å². The van der Waals surface area contributed by atoms with E-state index in [2.05, 4.69) is 26.6 Å². The van der Waals surface area contributed by atoms with Crippen LogP contribution >= 0.6 is 0 Å². The van der Waals surface area contributed by atoms with Gasteiger partial charge >= 0.3 is 11.9 Å². The first-order chi connectivity index (χ1) is 33.1. The lowest BCUT2D eigenvalue weighted by molar-refractivity contribution is -0.168. The Morgan fingerprint density at radius 1 is 0.800 bits per heavy atom. The number of nitrogens with one attached hydrogen (secondary N) is 5. The summed E-state index contributed by atoms with van der Waals surface area (Å²) >= 11 is 0. The summed E-state index contributed by atoms with van der Waals surface area (Å²) < 4.78 is 5.83. The number of esters is 1. The highest BCUT2D eigenvalue weighted by atomic mass is 16.5. The molecule has 0 unspecified atom stereocenters. The highest BCUT2D eigenvalue weighted by Gasteiger charge is 2.47. The Morgan fingerprint density at radius 3 is 1.96 bits per heavy atom. The number of phenols is 2. The van der Waals surface area contributed by atoms with Gasteiger partial charge in [-0.05, 0) is 73.4 Å². The lowest BCUT2D eigenvalue weighted by Gasteiger charge is -2.44. The molecule has 2 heterocycles. The van der Waals surface area contributed by atoms with Crippen LogP contribution in [-0.2, 0) is 60.7 Å². The van der Waals surface area contributed by atoms with Gasteiger partial charge in [-0.25, -0.2) is 4.79 Å². The third-order valence-corrected chi connectivity index (χ3v) is 12.7. The topological polar surface area (TPSA) is 310 Å². The summed E-state index contributed by atoms with van der Waals surface area (Å²) in [6, 6.07) is 0.767. The van der Waals surface area contributed by atoms with E-state index in [4.69, 9.17) is 4.74 Å². The van der Waals surface area contributed by atoms with Crippen LogP contribution < -0.4 is 26.6 Å². The molecule has 0 aromatic heterocycles. The van der Waals surface area contributed by atoms with E-state index in [0.717, 1.165) is 16.2 Å². The van der Waals surface area contributed by atoms with Gasteiger partial charge in [-0.2, -0.15) is 0 Å². The summed E-state index contributed by atoms with van der Waals surface area (Å²) in [6.07, 6.45) is -2.42. The van der Waals surface area contributed by atoms with Gasteiger partial charge in [0.25, 0.3) is 0 Å². The van der Waals surface area contributed by atoms with E-state index in [1.165, 1.54) is 62.5 Å². The maximum absolute atomic E-state index is 14.9. The van der Waals surface area contributed by atoms with Crippen LogP contribution in [0, 0.1) is 11.8 Å². The van der Waals surface area contributed by atoms with E-state index in [9.17, 15) is 63.6 Å². The van der Waals surface area contributed by atoms with Crippen LogP contribution in [0.4, 0.5) is 0 Å². The van der Waals surface area contributed by atoms with Crippen molar-refractivity contribution in [1.82, 2.24) is 36.4 Å². The fourth-order valence-corrected chi connectivity index (χ4v) is 8.36. The molecule has 4 rings (SSSR count). The Bertz CT molecular complexity index is 2190. The van der Waals surface area contributed by atoms with Gasteiger partial charge in [-0.3, -0.25) is 38.4 Å². The average molecular weight is 980 g/mol. The second-order valence-electron chi connectivity index (χ2n) is 18.5. The van der Waals surface area contributed by atoms with Crippen molar-refractivity contribution in [3.8, 4) is 11.5 Å². The molecule has 9 N–H and O–H groups in total. The molecule has 70 heavy (non-hydrogen) atoms. The number of hydrogen-bond donors (Lipinski definition) is 9. The third kappa shape index (κ3) is 15.1. The Labute approximate surface area is 407 Å². The molecule has 21 heteroatoms. The molecule has 0 radical (unpaired) electrons. The molecular weight excluding hydrogens is 911 g/mol. The summed E-state index contributed by atoms with van der Waals surface area (Å²) in [4.78, 5) is 128. The highest BCUT2D eigenvalue weighted by molar-refractivity contribution is 5.99. The number of piperidine rings is 1. The summed E-state index contributed by atoms with van der Waals surface area (Å²) in [7, 11) is 1.35. The number of likely N-dealkylation sites (N-methyl/N-ethyl adjacent to an activating group) is 1. The quantitative estimate of drug-likeness (QED) is 0.0843. The molecule has 2 aliphatic heterocycles. The van der Waals surface area contributed by atoms with E-state index >= 15 is 0 Å². The zero-order valence-corrected chi connectivity index (χ0v) is 40.8. The van der Waals surface area contributed by atoms with E-state index in [-0.39, 0.29) is 43.6 Å². The molecule has 2 aromatic carbocycles. The number of ether oxygens (including phenoxy) is 1. The number of carboxylic acid groups (broad SMARTS) is 1. The number of carbonyl (C=O) groups is 9. The summed E-state index contributed by atoms with van der Waals surface area (Å²) in [6.45, 7) is 9.81. The van der Waals surface area contributed by atoms with E-state index in [1.54, 1.807) is 27.7 Å². The number of aromatic hydroxyl groups is 2. The Hall–Kier alpha value is -6.77. The van der Waals surface area contributed by atoms with E-state index in [1.807, 2.05) is 6.92 Å². The number of benzene rings is 2. The number of aliphatic hydroxyl groups is 1. The van der Waals surface area contributed by atoms with Crippen LogP contribution in [0.15, 0.2) is 48.5 Å². The zero-order valence-electron chi connectivity index (χ0n) is 40.8. The Morgan fingerprint density at radius 2 is 1.40 bits per heavy atom. The second kappa shape index (κ2) is 25.7. The number of fused-ring (bicyclic) bond motifs is 2. The van der Waals surface area contributed by atoms with Crippen LogP contribution in [0.2, 0.25) is 0 Å². The number of aliphatic carboxylic acids is 1. The molecule has 0 saturated carbocycles. The van der Waals surface area contributed by atoms with Crippen molar-refractivity contribution in [2.75, 3.05) is 7.05 Å². The lowest BCUT2D eigenvalue weighted by Crippen LogP contribution is -2.66. The van der Waals surface area contributed by atoms with Gasteiger partial charge in [-0.15, -0.1) is 0 Å². The normalized spacial score (nSPS) is 25.0. The number of amides is 7. The number of cyclic esters (lactones) is 1. The number of hydrogen-bond acceptors (Lipinski definition) is 13. The Kier molecular flexibility index (Phi) is 20.5. The zero-order chi connectivity index (χ0) is 52.0. The standard InChI is InChI=1S/C49H69N7O14/c1-8-10-11-12-37(59)50-35(25-39(61)62)44(64)54-41-28(6)70-49(69)40(26(3)4)53-45(65)36(24-30-15-19-32(58)20-16-30)55(7)48(68)42(27(5)9-2)56-38(60)22-21-33(47(56)67)51-43(63)34(52-46(41)66)23-29-13-17-31(57)18-14-29/h13-20,26-28,33-36,38,40-42,57-58,60H,8-12,21-25H2,1-7H3,(H,50,59)(H,51,63)(H,52,66)(H,53,65)(H,54,64)(H,61,62)/t27-,28+,33-,34-,35-,36-,38+,40-,41-,42-/m0/s1. The predicted molar refractivity (Wildman–Crippen MR) is 252 cm³/mol. The van der Waals surface area contributed by atoms with Crippen LogP contribution in [0.1, 0.15) is 104 Å². The first kappa shape index (κ1) is 55.8. The number of rotatable bonds is 16. The average Bonchev–Trinajstić information content (AvgIpc) is 3.30. The molecule has 2 aromatic rings. The smallest absolute Gasteiger partial charge is 0.329 e. The monoisotopic (exact) mass is 979 g/mol. The number of unbranched alkanes of at least 4 members (excludes halogenated alkanes) is 2. The van der Waals surface area contributed by atoms with Crippen molar-refractivity contribution in [2.45, 2.75) is 160 Å². The molecule has 21 nitrogen and oxygen atoms in total. The van der Waals surface area contributed by atoms with Gasteiger partial charge in [0.2, 0.25) is 41.4 Å². The molecule has 2 fully saturated rings. The molecule has 10 atom stereocenters. The number of carbonyl (C=O) groups excluding carboxylic acids is 8. The maximum atomic E-state index is 14.9. The molecule has 384 valence electrons. The lowest BCUT2D eigenvalue weighted by atomic mass is 9.91. The maximum Gasteiger partial charge on any atom is 0.329 e. The van der Waals surface area contributed by atoms with Crippen molar-refractivity contribution in [2.24, 2.45) is 11.8 Å². The summed E-state index contributed by atoms with van der Waals surface area (Å²) in [5.74, 6) is -10.3. The van der Waals surface area contributed by atoms with Crippen LogP contribution in [0.5, 0.6) is 11.5 Å². The largest absolute Gasteiger partial charge is 0.508 e. The molecule has 2 bridgehead atoms. The summed E-state index contributed by atoms with van der Waals surface area (Å²) in [5.41, 5.74) is 0.911. The van der Waals surface area contributed by atoms with Crippen LogP contribution in [-0.4, -0.2) is 145 Å². The van der Waals surface area contributed by atoms with Gasteiger partial charge in [0.15, 0.2) is 0 Å². The van der Waals surface area contributed by atoms with Crippen LogP contribution in [0.25, 0.3) is 0 Å². The second-order valence-corrected chi connectivity index (χ2v) is 18.5. The minimum atomic E-state index is -1.89. The summed E-state index contributed by atoms with van der Waals surface area (Å²) in [5, 5.41) is 54.0. The van der Waals surface area contributed by atoms with Crippen molar-refractivity contribution in [1.29, 1.82) is 0 Å². The molecule has 7 amide bonds. The van der Waals surface area contributed by atoms with Crippen molar-refractivity contribution in [3.63, 3.8) is 0 Å². The minimum absolute atomic E-state index is 0.0240. The fraction of sp³-hybridized carbons (Fsp3) is 0.571. The molecule has 2 aliphatic rings. The molecule has 0 aliphatic carbocycles. The van der Waals surface area contributed by atoms with Gasteiger partial charge in [0.05, 0.1) is 6.42 Å². The van der Waals surface area contributed by atoms with Gasteiger partial charge in [-0.1, -0.05) is 78.1 Å². The highest BCUT2D eigenvalue weighted by Crippen LogP contribution is 2.28. The minimum Gasteiger partial charge on any atom is -0.508 e. The van der Waals surface area contributed by atoms with Gasteiger partial charge in [0.1, 0.15) is 66.1 Å². The SMILES string of the molecule is CCCCCC(=O)N[C@@H](CC(=O)O)C(=O)N[C@@H]1C(=O)N[C@@H](Cc2ccc(O)cc2)C(=O)N[C@H]2CC[C@@H](O)N(C2=O)[C@@H]([C@@H](C)CC)C(=O)N(C)[C@@H](Cc2ccc(O)cc2)C(=O)N[C@@H](C(C)C)C(=O)O[C@@H]1C. The first-order valence-corrected chi connectivity index (χ1v) is 23.8. The van der Waals surface area contributed by atoms with E-state index in [0.29, 0.717) is 30.4 Å². The first-order valence-electron chi connectivity index (χ1n) is 23.8. The predicted octanol–water partition coefficient (Wildman–Crippen LogP) is 1.15. The Balaban J connectivity index is 1.88. The van der Waals surface area contributed by atoms with Crippen molar-refractivity contribution < 1.29 is 68.3 Å². The number of aliphatic hydroxyl groups excluding tert-OH is 1. The van der Waals surface area contributed by atoms with Gasteiger partial charge in [0, 0.05) is 26.3 Å². The number of nitrogens with zero attached hydrogens (tertiary/aromatic N) is 2. The molecular formula is C49H69N7O14. The number of carboxylic acids is 1. The molecule has 0 spiro atoms.